The number of furan rings is 1. The largest absolute Gasteiger partial charge is 0.466 e. The van der Waals surface area contributed by atoms with Crippen molar-refractivity contribution in [1.82, 2.24) is 14.9 Å². The summed E-state index contributed by atoms with van der Waals surface area (Å²) in [5.41, 5.74) is 2.16. The van der Waals surface area contributed by atoms with E-state index in [1.54, 1.807) is 6.26 Å². The van der Waals surface area contributed by atoms with Gasteiger partial charge in [-0.2, -0.15) is 5.10 Å². The minimum atomic E-state index is -0.0192. The Morgan fingerprint density at radius 1 is 1.39 bits per heavy atom. The maximum Gasteiger partial charge on any atom is 0.139 e. The minimum absolute atomic E-state index is 0.0192. The first-order chi connectivity index (χ1) is 8.81. The molecule has 0 radical (unpaired) electrons. The Hall–Kier alpha value is -1.59. The second kappa shape index (κ2) is 4.59. The number of hydrogen-bond acceptors (Lipinski definition) is 3. The van der Waals surface area contributed by atoms with E-state index in [0.717, 1.165) is 21.3 Å². The normalized spacial score (nSPS) is 13.0. The van der Waals surface area contributed by atoms with Crippen LogP contribution in [0.15, 0.2) is 51.8 Å². The lowest BCUT2D eigenvalue weighted by Gasteiger charge is -2.13. The van der Waals surface area contributed by atoms with E-state index in [0.29, 0.717) is 0 Å². The van der Waals surface area contributed by atoms with Crippen LogP contribution in [0, 0.1) is 0 Å². The first kappa shape index (κ1) is 11.5. The Morgan fingerprint density at radius 2 is 2.28 bits per heavy atom. The Bertz CT molecular complexity index is 673. The zero-order valence-corrected chi connectivity index (χ0v) is 11.4. The van der Waals surface area contributed by atoms with Crippen molar-refractivity contribution in [2.75, 3.05) is 7.05 Å². The van der Waals surface area contributed by atoms with Gasteiger partial charge < -0.3 is 9.73 Å². The second-order valence-electron chi connectivity index (χ2n) is 3.98. The molecule has 4 nitrogen and oxygen atoms in total. The molecule has 1 N–H and O–H groups in total. The molecule has 18 heavy (non-hydrogen) atoms. The monoisotopic (exact) mass is 305 g/mol. The van der Waals surface area contributed by atoms with E-state index in [-0.39, 0.29) is 6.04 Å². The van der Waals surface area contributed by atoms with Gasteiger partial charge in [0.25, 0.3) is 0 Å². The van der Waals surface area contributed by atoms with Crippen LogP contribution in [-0.2, 0) is 0 Å². The standard InChI is InChI=1S/C13H12BrN3O/c1-15-12(13-10(14)5-7-18-13)9-8-16-17-6-3-2-4-11(9)17/h2-8,12,15H,1H3. The summed E-state index contributed by atoms with van der Waals surface area (Å²) in [5, 5.41) is 7.61. The fourth-order valence-corrected chi connectivity index (χ4v) is 2.55. The van der Waals surface area contributed by atoms with Crippen LogP contribution in [0.3, 0.4) is 0 Å². The van der Waals surface area contributed by atoms with Gasteiger partial charge in [-0.05, 0) is 41.2 Å². The Labute approximate surface area is 113 Å². The molecule has 0 bridgehead atoms. The van der Waals surface area contributed by atoms with Crippen molar-refractivity contribution < 1.29 is 4.42 Å². The fraction of sp³-hybridized carbons (Fsp3) is 0.154. The molecule has 3 aromatic rings. The van der Waals surface area contributed by atoms with Crippen molar-refractivity contribution in [3.05, 3.63) is 58.7 Å². The van der Waals surface area contributed by atoms with Crippen LogP contribution in [0.5, 0.6) is 0 Å². The molecule has 0 aliphatic carbocycles. The van der Waals surface area contributed by atoms with Gasteiger partial charge in [0.15, 0.2) is 0 Å². The third kappa shape index (κ3) is 1.76. The topological polar surface area (TPSA) is 42.5 Å². The van der Waals surface area contributed by atoms with Gasteiger partial charge in [0.05, 0.1) is 28.5 Å². The van der Waals surface area contributed by atoms with Crippen LogP contribution < -0.4 is 5.32 Å². The number of nitrogens with zero attached hydrogens (tertiary/aromatic N) is 2. The van der Waals surface area contributed by atoms with Crippen molar-refractivity contribution in [3.63, 3.8) is 0 Å². The lowest BCUT2D eigenvalue weighted by atomic mass is 10.1. The van der Waals surface area contributed by atoms with Gasteiger partial charge in [-0.15, -0.1) is 0 Å². The van der Waals surface area contributed by atoms with Crippen LogP contribution >= 0.6 is 15.9 Å². The zero-order chi connectivity index (χ0) is 12.5. The first-order valence-corrected chi connectivity index (χ1v) is 6.43. The van der Waals surface area contributed by atoms with Crippen LogP contribution in [0.2, 0.25) is 0 Å². The highest BCUT2D eigenvalue weighted by molar-refractivity contribution is 9.10. The summed E-state index contributed by atoms with van der Waals surface area (Å²) in [6, 6.07) is 7.88. The number of rotatable bonds is 3. The van der Waals surface area contributed by atoms with E-state index < -0.39 is 0 Å². The van der Waals surface area contributed by atoms with Crippen molar-refractivity contribution in [2.45, 2.75) is 6.04 Å². The maximum atomic E-state index is 5.54. The molecule has 1 unspecified atom stereocenters. The van der Waals surface area contributed by atoms with Crippen LogP contribution in [0.4, 0.5) is 0 Å². The molecular weight excluding hydrogens is 294 g/mol. The van der Waals surface area contributed by atoms with Crippen LogP contribution in [-0.4, -0.2) is 16.7 Å². The molecule has 0 aliphatic rings. The molecule has 1 atom stereocenters. The van der Waals surface area contributed by atoms with Crippen molar-refractivity contribution in [2.24, 2.45) is 0 Å². The number of nitrogens with one attached hydrogen (secondary N) is 1. The molecule has 0 amide bonds. The molecule has 0 fully saturated rings. The lowest BCUT2D eigenvalue weighted by molar-refractivity contribution is 0.462. The Morgan fingerprint density at radius 3 is 3.00 bits per heavy atom. The van der Waals surface area contributed by atoms with E-state index in [1.165, 1.54) is 0 Å². The number of hydrogen-bond donors (Lipinski definition) is 1. The summed E-state index contributed by atoms with van der Waals surface area (Å²) in [6.07, 6.45) is 5.48. The zero-order valence-electron chi connectivity index (χ0n) is 9.80. The molecular formula is C13H12BrN3O. The first-order valence-electron chi connectivity index (χ1n) is 5.63. The quantitative estimate of drug-likeness (QED) is 0.809. The lowest BCUT2D eigenvalue weighted by Crippen LogP contribution is -2.17. The number of fused-ring (bicyclic) bond motifs is 1. The summed E-state index contributed by atoms with van der Waals surface area (Å²) < 4.78 is 8.36. The van der Waals surface area contributed by atoms with Gasteiger partial charge >= 0.3 is 0 Å². The number of aromatic nitrogens is 2. The van der Waals surface area contributed by atoms with Crippen molar-refractivity contribution >= 4 is 21.4 Å². The number of pyridine rings is 1. The highest BCUT2D eigenvalue weighted by atomic mass is 79.9. The highest BCUT2D eigenvalue weighted by Crippen LogP contribution is 2.31. The van der Waals surface area contributed by atoms with Gasteiger partial charge in [0.1, 0.15) is 5.76 Å². The third-order valence-corrected chi connectivity index (χ3v) is 3.62. The molecule has 0 aliphatic heterocycles. The van der Waals surface area contributed by atoms with Gasteiger partial charge in [-0.1, -0.05) is 6.07 Å². The molecule has 3 heterocycles. The predicted molar refractivity (Wildman–Crippen MR) is 72.5 cm³/mol. The van der Waals surface area contributed by atoms with E-state index in [9.17, 15) is 0 Å². The molecule has 92 valence electrons. The van der Waals surface area contributed by atoms with E-state index in [4.69, 9.17) is 4.42 Å². The summed E-state index contributed by atoms with van der Waals surface area (Å²) in [7, 11) is 1.91. The minimum Gasteiger partial charge on any atom is -0.466 e. The average Bonchev–Trinajstić information content (AvgIpc) is 2.99. The molecule has 0 saturated carbocycles. The number of halogens is 1. The van der Waals surface area contributed by atoms with E-state index in [2.05, 4.69) is 26.3 Å². The SMILES string of the molecule is CNC(c1occc1Br)c1cnn2ccccc12. The summed E-state index contributed by atoms with van der Waals surface area (Å²) in [6.45, 7) is 0. The van der Waals surface area contributed by atoms with Gasteiger partial charge in [0.2, 0.25) is 0 Å². The summed E-state index contributed by atoms with van der Waals surface area (Å²) in [4.78, 5) is 0. The average molecular weight is 306 g/mol. The second-order valence-corrected chi connectivity index (χ2v) is 4.84. The molecule has 0 spiro atoms. The molecule has 5 heteroatoms. The third-order valence-electron chi connectivity index (χ3n) is 2.96. The van der Waals surface area contributed by atoms with Gasteiger partial charge in [0, 0.05) is 11.8 Å². The maximum absolute atomic E-state index is 5.54. The smallest absolute Gasteiger partial charge is 0.139 e. The van der Waals surface area contributed by atoms with Crippen molar-refractivity contribution in [1.29, 1.82) is 0 Å². The van der Waals surface area contributed by atoms with Crippen LogP contribution in [0.25, 0.3) is 5.52 Å². The fourth-order valence-electron chi connectivity index (χ4n) is 2.12. The Kier molecular flexibility index (Phi) is 2.93. The molecule has 3 rings (SSSR count). The van der Waals surface area contributed by atoms with Crippen LogP contribution in [0.1, 0.15) is 17.4 Å². The van der Waals surface area contributed by atoms with E-state index in [1.807, 2.05) is 48.2 Å². The predicted octanol–water partition coefficient (Wildman–Crippen LogP) is 3.00. The molecule has 0 saturated heterocycles. The highest BCUT2D eigenvalue weighted by Gasteiger charge is 2.21. The molecule has 3 aromatic heterocycles. The molecule has 0 aromatic carbocycles. The van der Waals surface area contributed by atoms with Gasteiger partial charge in [-0.25, -0.2) is 4.52 Å². The summed E-state index contributed by atoms with van der Waals surface area (Å²) >= 11 is 3.50. The van der Waals surface area contributed by atoms with Crippen molar-refractivity contribution in [3.8, 4) is 0 Å². The van der Waals surface area contributed by atoms with Gasteiger partial charge in [-0.3, -0.25) is 0 Å². The Balaban J connectivity index is 2.15. The van der Waals surface area contributed by atoms with E-state index >= 15 is 0 Å². The summed E-state index contributed by atoms with van der Waals surface area (Å²) in [5.74, 6) is 0.858.